The first kappa shape index (κ1) is 24.0. The SMILES string of the molecule is OC(CNCCOc1ccc2c(C(F)(F)F)[nH]nc2c1)c1ccc(Cl)c(-c2ccccc2F)c1. The number of rotatable bonds is 8. The summed E-state index contributed by atoms with van der Waals surface area (Å²) in [6.07, 6.45) is -5.38. The maximum atomic E-state index is 14.2. The van der Waals surface area contributed by atoms with Crippen LogP contribution in [0.25, 0.3) is 22.0 Å². The predicted molar refractivity (Wildman–Crippen MR) is 121 cm³/mol. The molecule has 1 aromatic heterocycles. The molecule has 10 heteroatoms. The lowest BCUT2D eigenvalue weighted by molar-refractivity contribution is -0.139. The summed E-state index contributed by atoms with van der Waals surface area (Å²) in [6.45, 7) is 0.794. The number of hydrogen-bond donors (Lipinski definition) is 3. The van der Waals surface area contributed by atoms with E-state index in [0.717, 1.165) is 0 Å². The molecule has 1 unspecified atom stereocenters. The highest BCUT2D eigenvalue weighted by atomic mass is 35.5. The molecule has 4 rings (SSSR count). The Labute approximate surface area is 197 Å². The van der Waals surface area contributed by atoms with Crippen molar-refractivity contribution in [2.75, 3.05) is 19.7 Å². The molecule has 0 saturated heterocycles. The van der Waals surface area contributed by atoms with Crippen molar-refractivity contribution in [2.24, 2.45) is 0 Å². The molecule has 0 amide bonds. The van der Waals surface area contributed by atoms with Crippen LogP contribution in [-0.4, -0.2) is 35.0 Å². The molecular weight excluding hydrogens is 474 g/mol. The number of benzene rings is 3. The van der Waals surface area contributed by atoms with Gasteiger partial charge in [-0.05, 0) is 35.9 Å². The number of aromatic amines is 1. The van der Waals surface area contributed by atoms with Crippen molar-refractivity contribution in [1.82, 2.24) is 15.5 Å². The van der Waals surface area contributed by atoms with Crippen molar-refractivity contribution in [2.45, 2.75) is 12.3 Å². The molecule has 4 aromatic rings. The monoisotopic (exact) mass is 493 g/mol. The first-order valence-electron chi connectivity index (χ1n) is 10.4. The van der Waals surface area contributed by atoms with Gasteiger partial charge in [0, 0.05) is 40.7 Å². The number of halogens is 5. The summed E-state index contributed by atoms with van der Waals surface area (Å²) >= 11 is 6.23. The number of hydrogen-bond acceptors (Lipinski definition) is 4. The first-order chi connectivity index (χ1) is 16.2. The molecule has 0 radical (unpaired) electrons. The van der Waals surface area contributed by atoms with Gasteiger partial charge in [-0.15, -0.1) is 0 Å². The van der Waals surface area contributed by atoms with Crippen LogP contribution in [0.15, 0.2) is 60.7 Å². The van der Waals surface area contributed by atoms with Crippen LogP contribution in [0.2, 0.25) is 5.02 Å². The van der Waals surface area contributed by atoms with Crippen molar-refractivity contribution in [3.63, 3.8) is 0 Å². The van der Waals surface area contributed by atoms with E-state index >= 15 is 0 Å². The third-order valence-corrected chi connectivity index (χ3v) is 5.56. The molecule has 0 fully saturated rings. The Kier molecular flexibility index (Phi) is 7.06. The second-order valence-corrected chi connectivity index (χ2v) is 7.97. The highest BCUT2D eigenvalue weighted by Gasteiger charge is 2.35. The molecule has 0 spiro atoms. The normalized spacial score (nSPS) is 12.8. The smallest absolute Gasteiger partial charge is 0.433 e. The number of aliphatic hydroxyl groups excluding tert-OH is 1. The van der Waals surface area contributed by atoms with Crippen molar-refractivity contribution in [3.8, 4) is 16.9 Å². The van der Waals surface area contributed by atoms with Gasteiger partial charge in [0.2, 0.25) is 0 Å². The molecule has 0 aliphatic rings. The number of nitrogens with one attached hydrogen (secondary N) is 2. The van der Waals surface area contributed by atoms with Gasteiger partial charge in [-0.1, -0.05) is 35.9 Å². The Morgan fingerprint density at radius 2 is 1.85 bits per heavy atom. The summed E-state index contributed by atoms with van der Waals surface area (Å²) in [7, 11) is 0. The van der Waals surface area contributed by atoms with E-state index in [9.17, 15) is 22.7 Å². The fourth-order valence-electron chi connectivity index (χ4n) is 3.53. The maximum absolute atomic E-state index is 14.2. The Morgan fingerprint density at radius 3 is 2.62 bits per heavy atom. The van der Waals surface area contributed by atoms with Crippen molar-refractivity contribution < 1.29 is 27.4 Å². The lowest BCUT2D eigenvalue weighted by atomic mass is 10.00. The zero-order chi connectivity index (χ0) is 24.3. The third kappa shape index (κ3) is 5.32. The van der Waals surface area contributed by atoms with Gasteiger partial charge in [-0.2, -0.15) is 18.3 Å². The topological polar surface area (TPSA) is 70.2 Å². The zero-order valence-corrected chi connectivity index (χ0v) is 18.4. The molecular formula is C24H20ClF4N3O2. The Hall–Kier alpha value is -3.14. The van der Waals surface area contributed by atoms with Gasteiger partial charge in [0.25, 0.3) is 0 Å². The number of alkyl halides is 3. The van der Waals surface area contributed by atoms with Crippen LogP contribution in [-0.2, 0) is 6.18 Å². The first-order valence-corrected chi connectivity index (χ1v) is 10.7. The number of H-pyrrole nitrogens is 1. The van der Waals surface area contributed by atoms with Crippen LogP contribution in [0.5, 0.6) is 5.75 Å². The van der Waals surface area contributed by atoms with Crippen molar-refractivity contribution in [3.05, 3.63) is 82.8 Å². The highest BCUT2D eigenvalue weighted by molar-refractivity contribution is 6.33. The number of aliphatic hydroxyl groups is 1. The van der Waals surface area contributed by atoms with E-state index in [-0.39, 0.29) is 24.1 Å². The Bertz CT molecular complexity index is 1290. The van der Waals surface area contributed by atoms with Crippen LogP contribution in [0.4, 0.5) is 17.6 Å². The van der Waals surface area contributed by atoms with Crippen LogP contribution in [0.3, 0.4) is 0 Å². The van der Waals surface area contributed by atoms with Crippen LogP contribution >= 0.6 is 11.6 Å². The molecule has 0 aliphatic heterocycles. The Balaban J connectivity index is 1.31. The van der Waals surface area contributed by atoms with Gasteiger partial charge in [0.15, 0.2) is 0 Å². The lowest BCUT2D eigenvalue weighted by Gasteiger charge is -2.15. The summed E-state index contributed by atoms with van der Waals surface area (Å²) in [5.41, 5.74) is 0.661. The lowest BCUT2D eigenvalue weighted by Crippen LogP contribution is -2.26. The van der Waals surface area contributed by atoms with Gasteiger partial charge in [-0.3, -0.25) is 5.10 Å². The predicted octanol–water partition coefficient (Wildman–Crippen LogP) is 5.74. The zero-order valence-electron chi connectivity index (χ0n) is 17.7. The summed E-state index contributed by atoms with van der Waals surface area (Å²) in [5, 5.41) is 19.6. The van der Waals surface area contributed by atoms with E-state index < -0.39 is 23.8 Å². The fourth-order valence-corrected chi connectivity index (χ4v) is 3.75. The average molecular weight is 494 g/mol. The second kappa shape index (κ2) is 10.0. The van der Waals surface area contributed by atoms with E-state index in [4.69, 9.17) is 16.3 Å². The summed E-state index contributed by atoms with van der Waals surface area (Å²) in [6, 6.07) is 15.4. The van der Waals surface area contributed by atoms with Gasteiger partial charge in [0.1, 0.15) is 23.9 Å². The molecule has 178 valence electrons. The summed E-state index contributed by atoms with van der Waals surface area (Å²) in [5.74, 6) is -0.0312. The second-order valence-electron chi connectivity index (χ2n) is 7.56. The number of nitrogens with zero attached hydrogens (tertiary/aromatic N) is 1. The standard InChI is InChI=1S/C24H20ClF4N3O2/c25-19-8-5-14(11-18(19)16-3-1-2-4-20(16)26)22(33)13-30-9-10-34-15-6-7-17-21(12-15)31-32-23(17)24(27,28)29/h1-8,11-12,22,30,33H,9-10,13H2,(H,31,32). The van der Waals surface area contributed by atoms with Crippen LogP contribution in [0, 0.1) is 5.82 Å². The van der Waals surface area contributed by atoms with E-state index in [1.54, 1.807) is 36.4 Å². The van der Waals surface area contributed by atoms with E-state index in [1.807, 2.05) is 5.10 Å². The van der Waals surface area contributed by atoms with Gasteiger partial charge in [-0.25, -0.2) is 4.39 Å². The summed E-state index contributed by atoms with van der Waals surface area (Å²) < 4.78 is 58.5. The molecule has 1 atom stereocenters. The minimum Gasteiger partial charge on any atom is -0.492 e. The molecule has 0 bridgehead atoms. The fraction of sp³-hybridized carbons (Fsp3) is 0.208. The van der Waals surface area contributed by atoms with Crippen molar-refractivity contribution >= 4 is 22.5 Å². The van der Waals surface area contributed by atoms with E-state index in [1.165, 1.54) is 24.3 Å². The van der Waals surface area contributed by atoms with E-state index in [0.29, 0.717) is 34.0 Å². The maximum Gasteiger partial charge on any atom is 0.433 e. The van der Waals surface area contributed by atoms with Crippen LogP contribution in [0.1, 0.15) is 17.4 Å². The number of aromatic nitrogens is 2. The van der Waals surface area contributed by atoms with E-state index in [2.05, 4.69) is 10.4 Å². The highest BCUT2D eigenvalue weighted by Crippen LogP contribution is 2.34. The minimum absolute atomic E-state index is 0.0289. The molecule has 0 saturated carbocycles. The van der Waals surface area contributed by atoms with Gasteiger partial charge >= 0.3 is 6.18 Å². The molecule has 5 nitrogen and oxygen atoms in total. The van der Waals surface area contributed by atoms with Gasteiger partial charge < -0.3 is 15.2 Å². The number of ether oxygens (including phenoxy) is 1. The molecule has 1 heterocycles. The minimum atomic E-state index is -4.51. The quantitative estimate of drug-likeness (QED) is 0.216. The molecule has 0 aliphatic carbocycles. The molecule has 34 heavy (non-hydrogen) atoms. The molecule has 3 aromatic carbocycles. The van der Waals surface area contributed by atoms with Crippen molar-refractivity contribution in [1.29, 1.82) is 0 Å². The Morgan fingerprint density at radius 1 is 1.06 bits per heavy atom. The number of fused-ring (bicyclic) bond motifs is 1. The largest absolute Gasteiger partial charge is 0.492 e. The van der Waals surface area contributed by atoms with Crippen LogP contribution < -0.4 is 10.1 Å². The van der Waals surface area contributed by atoms with Gasteiger partial charge in [0.05, 0.1) is 11.6 Å². The molecule has 3 N–H and O–H groups in total. The summed E-state index contributed by atoms with van der Waals surface area (Å²) in [4.78, 5) is 0. The third-order valence-electron chi connectivity index (χ3n) is 5.23. The average Bonchev–Trinajstić information content (AvgIpc) is 3.23.